The van der Waals surface area contributed by atoms with Crippen LogP contribution in [-0.2, 0) is 5.33 Å². The lowest BCUT2D eigenvalue weighted by molar-refractivity contribution is 0.302. The second-order valence-electron chi connectivity index (χ2n) is 4.86. The number of benzene rings is 1. The van der Waals surface area contributed by atoms with Crippen LogP contribution in [0.5, 0.6) is 5.75 Å². The summed E-state index contributed by atoms with van der Waals surface area (Å²) < 4.78 is 5.86. The van der Waals surface area contributed by atoms with Gasteiger partial charge in [0.15, 0.2) is 0 Å². The van der Waals surface area contributed by atoms with E-state index in [-0.39, 0.29) is 0 Å². The van der Waals surface area contributed by atoms with E-state index in [1.807, 2.05) is 0 Å². The van der Waals surface area contributed by atoms with Crippen molar-refractivity contribution >= 4 is 15.9 Å². The molecule has 1 aromatic rings. The molecule has 0 aromatic heterocycles. The lowest BCUT2D eigenvalue weighted by atomic mass is 10.1. The zero-order valence-corrected chi connectivity index (χ0v) is 13.3. The van der Waals surface area contributed by atoms with Crippen molar-refractivity contribution in [2.24, 2.45) is 0 Å². The first-order valence-electron chi connectivity index (χ1n) is 7.06. The Labute approximate surface area is 120 Å². The molecule has 0 aliphatic carbocycles. The zero-order valence-electron chi connectivity index (χ0n) is 11.7. The van der Waals surface area contributed by atoms with Crippen LogP contribution in [0, 0.1) is 6.92 Å². The van der Waals surface area contributed by atoms with Crippen LogP contribution in [0.15, 0.2) is 18.2 Å². The molecule has 0 heterocycles. The van der Waals surface area contributed by atoms with Gasteiger partial charge in [0.2, 0.25) is 0 Å². The van der Waals surface area contributed by atoms with Crippen molar-refractivity contribution in [1.29, 1.82) is 0 Å². The summed E-state index contributed by atoms with van der Waals surface area (Å²) in [6.45, 7) is 5.21. The molecule has 0 atom stereocenters. The van der Waals surface area contributed by atoms with Gasteiger partial charge in [-0.2, -0.15) is 0 Å². The molecule has 18 heavy (non-hydrogen) atoms. The second kappa shape index (κ2) is 9.43. The Bertz CT molecular complexity index is 336. The molecule has 0 bridgehead atoms. The van der Waals surface area contributed by atoms with Crippen LogP contribution in [0.3, 0.4) is 0 Å². The first-order valence-corrected chi connectivity index (χ1v) is 8.18. The molecule has 0 saturated carbocycles. The summed E-state index contributed by atoms with van der Waals surface area (Å²) in [5.74, 6) is 1.03. The third-order valence-electron chi connectivity index (χ3n) is 3.12. The average Bonchev–Trinajstić information content (AvgIpc) is 2.39. The monoisotopic (exact) mass is 312 g/mol. The SMILES string of the molecule is CCCCCCCCOc1ccc(C)cc1CBr. The van der Waals surface area contributed by atoms with Gasteiger partial charge in [-0.15, -0.1) is 0 Å². The van der Waals surface area contributed by atoms with Gasteiger partial charge in [0.25, 0.3) is 0 Å². The number of aryl methyl sites for hydroxylation is 1. The minimum Gasteiger partial charge on any atom is -0.493 e. The smallest absolute Gasteiger partial charge is 0.123 e. The molecule has 0 aliphatic rings. The van der Waals surface area contributed by atoms with E-state index in [2.05, 4.69) is 48.0 Å². The molecular weight excluding hydrogens is 288 g/mol. The fourth-order valence-corrected chi connectivity index (χ4v) is 2.46. The fraction of sp³-hybridized carbons (Fsp3) is 0.625. The Morgan fingerprint density at radius 3 is 2.50 bits per heavy atom. The van der Waals surface area contributed by atoms with Gasteiger partial charge in [0.05, 0.1) is 6.61 Å². The molecular formula is C16H25BrO. The van der Waals surface area contributed by atoms with Crippen LogP contribution in [0.4, 0.5) is 0 Å². The van der Waals surface area contributed by atoms with E-state index in [4.69, 9.17) is 4.74 Å². The number of rotatable bonds is 9. The van der Waals surface area contributed by atoms with E-state index >= 15 is 0 Å². The van der Waals surface area contributed by atoms with E-state index in [0.717, 1.165) is 17.7 Å². The molecule has 1 aromatic carbocycles. The first-order chi connectivity index (χ1) is 8.77. The summed E-state index contributed by atoms with van der Waals surface area (Å²) in [5.41, 5.74) is 2.54. The van der Waals surface area contributed by atoms with Gasteiger partial charge in [-0.05, 0) is 19.4 Å². The minimum atomic E-state index is 0.842. The first kappa shape index (κ1) is 15.6. The molecule has 1 nitrogen and oxygen atoms in total. The number of ether oxygens (including phenoxy) is 1. The maximum absolute atomic E-state index is 5.86. The average molecular weight is 313 g/mol. The Balaban J connectivity index is 2.22. The van der Waals surface area contributed by atoms with Gasteiger partial charge in [-0.1, -0.05) is 72.7 Å². The third-order valence-corrected chi connectivity index (χ3v) is 3.72. The minimum absolute atomic E-state index is 0.842. The van der Waals surface area contributed by atoms with Crippen LogP contribution in [0.2, 0.25) is 0 Å². The largest absolute Gasteiger partial charge is 0.493 e. The van der Waals surface area contributed by atoms with Gasteiger partial charge in [0, 0.05) is 10.9 Å². The molecule has 0 unspecified atom stereocenters. The van der Waals surface area contributed by atoms with Gasteiger partial charge in [0.1, 0.15) is 5.75 Å². The number of hydrogen-bond acceptors (Lipinski definition) is 1. The van der Waals surface area contributed by atoms with E-state index in [9.17, 15) is 0 Å². The Kier molecular flexibility index (Phi) is 8.15. The Hall–Kier alpha value is -0.500. The second-order valence-corrected chi connectivity index (χ2v) is 5.42. The predicted octanol–water partition coefficient (Wildman–Crippen LogP) is 5.63. The van der Waals surface area contributed by atoms with Crippen molar-refractivity contribution in [1.82, 2.24) is 0 Å². The van der Waals surface area contributed by atoms with E-state index in [1.165, 1.54) is 49.7 Å². The van der Waals surface area contributed by atoms with E-state index in [1.54, 1.807) is 0 Å². The highest BCUT2D eigenvalue weighted by atomic mass is 79.9. The lowest BCUT2D eigenvalue weighted by Gasteiger charge is -2.10. The van der Waals surface area contributed by atoms with Gasteiger partial charge in [-0.3, -0.25) is 0 Å². The normalized spacial score (nSPS) is 10.6. The van der Waals surface area contributed by atoms with E-state index in [0.29, 0.717) is 0 Å². The van der Waals surface area contributed by atoms with Crippen LogP contribution in [0.25, 0.3) is 0 Å². The molecule has 0 saturated heterocycles. The highest BCUT2D eigenvalue weighted by molar-refractivity contribution is 9.08. The summed E-state index contributed by atoms with van der Waals surface area (Å²) in [6, 6.07) is 6.39. The van der Waals surface area contributed by atoms with Gasteiger partial charge in [-0.25, -0.2) is 0 Å². The van der Waals surface area contributed by atoms with Crippen LogP contribution in [-0.4, -0.2) is 6.61 Å². The van der Waals surface area contributed by atoms with Crippen LogP contribution in [0.1, 0.15) is 56.6 Å². The maximum atomic E-state index is 5.86. The Morgan fingerprint density at radius 1 is 1.06 bits per heavy atom. The summed E-state index contributed by atoms with van der Waals surface area (Å²) in [5, 5.41) is 0.862. The van der Waals surface area contributed by atoms with Crippen molar-refractivity contribution in [3.8, 4) is 5.75 Å². The van der Waals surface area contributed by atoms with Crippen molar-refractivity contribution < 1.29 is 4.74 Å². The maximum Gasteiger partial charge on any atom is 0.123 e. The molecule has 0 radical (unpaired) electrons. The number of alkyl halides is 1. The molecule has 102 valence electrons. The predicted molar refractivity (Wildman–Crippen MR) is 82.7 cm³/mol. The van der Waals surface area contributed by atoms with Gasteiger partial charge >= 0.3 is 0 Å². The molecule has 0 spiro atoms. The van der Waals surface area contributed by atoms with Crippen LogP contribution < -0.4 is 4.74 Å². The summed E-state index contributed by atoms with van der Waals surface area (Å²) in [4.78, 5) is 0. The Morgan fingerprint density at radius 2 is 1.78 bits per heavy atom. The molecule has 1 rings (SSSR count). The van der Waals surface area contributed by atoms with Crippen molar-refractivity contribution in [3.63, 3.8) is 0 Å². The molecule has 0 aliphatic heterocycles. The topological polar surface area (TPSA) is 9.23 Å². The molecule has 0 N–H and O–H groups in total. The summed E-state index contributed by atoms with van der Waals surface area (Å²) in [7, 11) is 0. The summed E-state index contributed by atoms with van der Waals surface area (Å²) in [6.07, 6.45) is 7.85. The highest BCUT2D eigenvalue weighted by Crippen LogP contribution is 2.22. The number of unbranched alkanes of at least 4 members (excludes halogenated alkanes) is 5. The molecule has 0 amide bonds. The third kappa shape index (κ3) is 5.90. The van der Waals surface area contributed by atoms with Crippen molar-refractivity contribution in [2.75, 3.05) is 6.61 Å². The zero-order chi connectivity index (χ0) is 13.2. The highest BCUT2D eigenvalue weighted by Gasteiger charge is 2.02. The molecule has 0 fully saturated rings. The standard InChI is InChI=1S/C16H25BrO/c1-3-4-5-6-7-8-11-18-16-10-9-14(2)12-15(16)13-17/h9-10,12H,3-8,11,13H2,1-2H3. The lowest BCUT2D eigenvalue weighted by Crippen LogP contribution is -2.00. The number of halogens is 1. The van der Waals surface area contributed by atoms with Crippen molar-refractivity contribution in [3.05, 3.63) is 29.3 Å². The van der Waals surface area contributed by atoms with Crippen molar-refractivity contribution in [2.45, 2.75) is 57.7 Å². The fourth-order valence-electron chi connectivity index (χ4n) is 2.02. The number of hydrogen-bond donors (Lipinski definition) is 0. The summed E-state index contributed by atoms with van der Waals surface area (Å²) >= 11 is 3.51. The van der Waals surface area contributed by atoms with Gasteiger partial charge < -0.3 is 4.74 Å². The van der Waals surface area contributed by atoms with E-state index < -0.39 is 0 Å². The van der Waals surface area contributed by atoms with Crippen LogP contribution >= 0.6 is 15.9 Å². The quantitative estimate of drug-likeness (QED) is 0.424. The molecule has 2 heteroatoms.